The summed E-state index contributed by atoms with van der Waals surface area (Å²) in [5.41, 5.74) is -0.931. The van der Waals surface area contributed by atoms with Crippen LogP contribution in [0.5, 0.6) is 5.75 Å². The van der Waals surface area contributed by atoms with Gasteiger partial charge in [-0.15, -0.1) is 0 Å². The topological polar surface area (TPSA) is 68.2 Å². The molecule has 4 rings (SSSR count). The van der Waals surface area contributed by atoms with Gasteiger partial charge in [-0.3, -0.25) is 4.79 Å². The Balaban J connectivity index is 1.61. The third-order valence-corrected chi connectivity index (χ3v) is 5.39. The summed E-state index contributed by atoms with van der Waals surface area (Å²) in [6, 6.07) is 8.83. The number of nitrogens with one attached hydrogen (secondary N) is 2. The van der Waals surface area contributed by atoms with E-state index in [-0.39, 0.29) is 23.6 Å². The molecule has 0 spiro atoms. The van der Waals surface area contributed by atoms with E-state index in [1.165, 1.54) is 13.2 Å². The molecule has 0 saturated carbocycles. The molecule has 1 aliphatic rings. The number of anilines is 2. The van der Waals surface area contributed by atoms with Crippen molar-refractivity contribution in [3.63, 3.8) is 0 Å². The number of nitrogens with zero attached hydrogens (tertiary/aromatic N) is 2. The van der Waals surface area contributed by atoms with Crippen molar-refractivity contribution >= 4 is 17.4 Å². The van der Waals surface area contributed by atoms with Crippen LogP contribution in [0, 0.1) is 0 Å². The minimum atomic E-state index is -4.65. The summed E-state index contributed by atoms with van der Waals surface area (Å²) in [5.74, 6) is -0.431. The molecular formula is C22H18F6N4O2. The van der Waals surface area contributed by atoms with Gasteiger partial charge in [-0.2, -0.15) is 31.4 Å². The zero-order chi connectivity index (χ0) is 24.7. The van der Waals surface area contributed by atoms with Gasteiger partial charge in [0.15, 0.2) is 11.7 Å². The third kappa shape index (κ3) is 4.80. The summed E-state index contributed by atoms with van der Waals surface area (Å²) < 4.78 is 85.9. The Morgan fingerprint density at radius 2 is 1.79 bits per heavy atom. The minimum absolute atomic E-state index is 0.0383. The van der Waals surface area contributed by atoms with Crippen LogP contribution in [-0.2, 0) is 6.18 Å². The maximum atomic E-state index is 13.8. The molecule has 0 fully saturated rings. The molecule has 0 aliphatic carbocycles. The van der Waals surface area contributed by atoms with E-state index in [0.717, 1.165) is 24.3 Å². The zero-order valence-corrected chi connectivity index (χ0v) is 17.5. The lowest BCUT2D eigenvalue weighted by Crippen LogP contribution is -2.35. The van der Waals surface area contributed by atoms with Gasteiger partial charge >= 0.3 is 12.4 Å². The number of hydrogen-bond acceptors (Lipinski definition) is 4. The molecular weight excluding hydrogens is 466 g/mol. The number of amides is 1. The Hall–Kier alpha value is -3.70. The molecule has 2 unspecified atom stereocenters. The number of benzene rings is 2. The molecule has 2 atom stereocenters. The Labute approximate surface area is 189 Å². The van der Waals surface area contributed by atoms with Crippen LogP contribution in [0.1, 0.15) is 40.1 Å². The van der Waals surface area contributed by atoms with E-state index >= 15 is 0 Å². The lowest BCUT2D eigenvalue weighted by molar-refractivity contribution is -0.173. The van der Waals surface area contributed by atoms with Crippen LogP contribution in [0.2, 0.25) is 0 Å². The van der Waals surface area contributed by atoms with Gasteiger partial charge in [0, 0.05) is 18.2 Å². The number of carbonyl (C=O) groups excluding carboxylic acids is 1. The highest BCUT2D eigenvalue weighted by Gasteiger charge is 2.46. The van der Waals surface area contributed by atoms with Crippen LogP contribution in [0.25, 0.3) is 0 Å². The standard InChI is InChI=1S/C22H18F6N4O2/c1-34-15-7-5-12(6-8-15)16-10-18(22(26,27)28)32-19(30-16)11-17(31-32)20(33)29-14-4-2-3-13(9-14)21(23,24)25/h2-9,11,16,18,30H,10H2,1H3,(H,29,33). The van der Waals surface area contributed by atoms with Crippen molar-refractivity contribution in [2.24, 2.45) is 0 Å². The fourth-order valence-electron chi connectivity index (χ4n) is 3.71. The normalized spacial score (nSPS) is 18.1. The molecule has 2 heterocycles. The second-order valence-electron chi connectivity index (χ2n) is 7.66. The van der Waals surface area contributed by atoms with Crippen molar-refractivity contribution in [2.75, 3.05) is 17.7 Å². The second-order valence-corrected chi connectivity index (χ2v) is 7.66. The third-order valence-electron chi connectivity index (χ3n) is 5.39. The van der Waals surface area contributed by atoms with Crippen molar-refractivity contribution in [2.45, 2.75) is 30.9 Å². The SMILES string of the molecule is COc1ccc(C2CC(C(F)(F)F)n3nc(C(=O)Nc4cccc(C(F)(F)F)c4)cc3N2)cc1. The maximum Gasteiger partial charge on any atom is 0.416 e. The quantitative estimate of drug-likeness (QED) is 0.458. The highest BCUT2D eigenvalue weighted by Crippen LogP contribution is 2.44. The summed E-state index contributed by atoms with van der Waals surface area (Å²) in [5, 5.41) is 9.00. The van der Waals surface area contributed by atoms with Crippen LogP contribution >= 0.6 is 0 Å². The van der Waals surface area contributed by atoms with Gasteiger partial charge in [-0.25, -0.2) is 4.68 Å². The average Bonchev–Trinajstić information content (AvgIpc) is 3.22. The average molecular weight is 484 g/mol. The first-order valence-electron chi connectivity index (χ1n) is 10.0. The molecule has 1 aliphatic heterocycles. The molecule has 0 bridgehead atoms. The fraction of sp³-hybridized carbons (Fsp3) is 0.273. The number of rotatable bonds is 4. The minimum Gasteiger partial charge on any atom is -0.497 e. The smallest absolute Gasteiger partial charge is 0.416 e. The number of hydrogen-bond donors (Lipinski definition) is 2. The van der Waals surface area contributed by atoms with Gasteiger partial charge in [0.2, 0.25) is 0 Å². The van der Waals surface area contributed by atoms with Crippen LogP contribution in [-0.4, -0.2) is 29.0 Å². The highest BCUT2D eigenvalue weighted by atomic mass is 19.4. The zero-order valence-electron chi connectivity index (χ0n) is 17.5. The van der Waals surface area contributed by atoms with Gasteiger partial charge in [0.25, 0.3) is 5.91 Å². The number of methoxy groups -OCH3 is 1. The first-order chi connectivity index (χ1) is 16.0. The van der Waals surface area contributed by atoms with Crippen molar-refractivity contribution in [3.8, 4) is 5.75 Å². The van der Waals surface area contributed by atoms with Crippen LogP contribution in [0.3, 0.4) is 0 Å². The van der Waals surface area contributed by atoms with Gasteiger partial charge in [-0.05, 0) is 35.9 Å². The van der Waals surface area contributed by atoms with Crippen LogP contribution in [0.4, 0.5) is 37.8 Å². The lowest BCUT2D eigenvalue weighted by atomic mass is 9.97. The first kappa shape index (κ1) is 23.5. The van der Waals surface area contributed by atoms with Gasteiger partial charge in [-0.1, -0.05) is 18.2 Å². The van der Waals surface area contributed by atoms with Crippen molar-refractivity contribution in [1.29, 1.82) is 0 Å². The molecule has 180 valence electrons. The Morgan fingerprint density at radius 1 is 1.09 bits per heavy atom. The van der Waals surface area contributed by atoms with E-state index in [0.29, 0.717) is 16.0 Å². The summed E-state index contributed by atoms with van der Waals surface area (Å²) in [7, 11) is 1.47. The molecule has 1 amide bonds. The van der Waals surface area contributed by atoms with Crippen molar-refractivity contribution in [1.82, 2.24) is 9.78 Å². The molecule has 2 N–H and O–H groups in total. The highest BCUT2D eigenvalue weighted by molar-refractivity contribution is 6.03. The number of alkyl halides is 6. The fourth-order valence-corrected chi connectivity index (χ4v) is 3.71. The van der Waals surface area contributed by atoms with E-state index in [2.05, 4.69) is 15.7 Å². The van der Waals surface area contributed by atoms with Crippen molar-refractivity contribution < 1.29 is 35.9 Å². The molecule has 34 heavy (non-hydrogen) atoms. The Bertz CT molecular complexity index is 1190. The van der Waals surface area contributed by atoms with Gasteiger partial charge < -0.3 is 15.4 Å². The van der Waals surface area contributed by atoms with Crippen LogP contribution in [0.15, 0.2) is 54.6 Å². The molecule has 12 heteroatoms. The van der Waals surface area contributed by atoms with E-state index in [1.54, 1.807) is 24.3 Å². The maximum absolute atomic E-state index is 13.8. The Kier molecular flexibility index (Phi) is 5.92. The van der Waals surface area contributed by atoms with Gasteiger partial charge in [0.05, 0.1) is 18.7 Å². The number of aromatic nitrogens is 2. The summed E-state index contributed by atoms with van der Waals surface area (Å²) in [4.78, 5) is 12.6. The molecule has 0 saturated heterocycles. The predicted octanol–water partition coefficient (Wildman–Crippen LogP) is 5.82. The monoisotopic (exact) mass is 484 g/mol. The van der Waals surface area contributed by atoms with E-state index in [4.69, 9.17) is 4.74 Å². The van der Waals surface area contributed by atoms with E-state index in [1.807, 2.05) is 0 Å². The number of halogens is 6. The lowest BCUT2D eigenvalue weighted by Gasteiger charge is -2.33. The summed E-state index contributed by atoms with van der Waals surface area (Å²) in [6.07, 6.45) is -9.64. The molecule has 6 nitrogen and oxygen atoms in total. The molecule has 1 aromatic heterocycles. The second kappa shape index (κ2) is 8.58. The largest absolute Gasteiger partial charge is 0.497 e. The summed E-state index contributed by atoms with van der Waals surface area (Å²) >= 11 is 0. The van der Waals surface area contributed by atoms with Gasteiger partial charge in [0.1, 0.15) is 11.6 Å². The van der Waals surface area contributed by atoms with Crippen LogP contribution < -0.4 is 15.4 Å². The van der Waals surface area contributed by atoms with E-state index < -0.39 is 35.9 Å². The molecule has 3 aromatic rings. The molecule has 0 radical (unpaired) electrons. The first-order valence-corrected chi connectivity index (χ1v) is 10.0. The molecule has 2 aromatic carbocycles. The summed E-state index contributed by atoms with van der Waals surface area (Å²) in [6.45, 7) is 0. The predicted molar refractivity (Wildman–Crippen MR) is 111 cm³/mol. The number of fused-ring (bicyclic) bond motifs is 1. The Morgan fingerprint density at radius 3 is 2.41 bits per heavy atom. The van der Waals surface area contributed by atoms with Crippen molar-refractivity contribution in [3.05, 3.63) is 71.4 Å². The number of ether oxygens (including phenoxy) is 1. The van der Waals surface area contributed by atoms with E-state index in [9.17, 15) is 31.1 Å². The number of carbonyl (C=O) groups is 1.